The Bertz CT molecular complexity index is 875. The second-order valence-electron chi connectivity index (χ2n) is 6.83. The Morgan fingerprint density at radius 1 is 1.11 bits per heavy atom. The number of aliphatic imine (C=N–C) groups is 2. The number of nitrogens with one attached hydrogen (secondary N) is 1. The Labute approximate surface area is 176 Å². The molecule has 2 aromatic rings. The summed E-state index contributed by atoms with van der Waals surface area (Å²) in [7, 11) is 0. The van der Waals surface area contributed by atoms with Crippen LogP contribution in [0.2, 0.25) is 5.02 Å². The van der Waals surface area contributed by atoms with Gasteiger partial charge in [0, 0.05) is 29.5 Å². The van der Waals surface area contributed by atoms with Gasteiger partial charge in [-0.25, -0.2) is 4.99 Å². The number of rotatable bonds is 3. The van der Waals surface area contributed by atoms with Gasteiger partial charge in [-0.15, -0.1) is 12.4 Å². The number of hydrogen-bond acceptors (Lipinski definition) is 6. The zero-order chi connectivity index (χ0) is 18.8. The monoisotopic (exact) mass is 418 g/mol. The van der Waals surface area contributed by atoms with E-state index in [1.165, 1.54) is 5.56 Å². The van der Waals surface area contributed by atoms with Crippen molar-refractivity contribution in [3.8, 4) is 0 Å². The lowest BCUT2D eigenvalue weighted by molar-refractivity contribution is 0.497. The van der Waals surface area contributed by atoms with Crippen molar-refractivity contribution in [2.75, 3.05) is 23.3 Å². The lowest BCUT2D eigenvalue weighted by atomic mass is 10.2. The molecule has 0 aromatic heterocycles. The lowest BCUT2D eigenvalue weighted by Crippen LogP contribution is -2.54. The van der Waals surface area contributed by atoms with E-state index >= 15 is 0 Å². The van der Waals surface area contributed by atoms with Crippen molar-refractivity contribution in [2.45, 2.75) is 26.1 Å². The fourth-order valence-electron chi connectivity index (χ4n) is 3.40. The molecule has 8 heteroatoms. The highest BCUT2D eigenvalue weighted by molar-refractivity contribution is 6.30. The summed E-state index contributed by atoms with van der Waals surface area (Å²) in [5.41, 5.74) is 9.17. The van der Waals surface area contributed by atoms with Gasteiger partial charge in [-0.05, 0) is 50.1 Å². The van der Waals surface area contributed by atoms with Gasteiger partial charge in [-0.2, -0.15) is 4.99 Å². The van der Waals surface area contributed by atoms with Crippen molar-refractivity contribution in [1.29, 1.82) is 0 Å². The maximum atomic E-state index is 6.15. The van der Waals surface area contributed by atoms with Gasteiger partial charge in [0.15, 0.2) is 0 Å². The molecule has 2 heterocycles. The summed E-state index contributed by atoms with van der Waals surface area (Å²) in [4.78, 5) is 13.5. The molecular formula is C20H24Cl2N6. The maximum Gasteiger partial charge on any atom is 0.222 e. The molecule has 2 aliphatic rings. The molecule has 0 radical (unpaired) electrons. The molecule has 1 atom stereocenters. The minimum atomic E-state index is -0.403. The molecule has 0 bridgehead atoms. The van der Waals surface area contributed by atoms with Crippen LogP contribution in [-0.2, 0) is 0 Å². The number of halogens is 2. The normalized spacial score (nSPS) is 19.0. The molecule has 0 aliphatic carbocycles. The van der Waals surface area contributed by atoms with Gasteiger partial charge in [0.2, 0.25) is 18.2 Å². The average molecular weight is 419 g/mol. The highest BCUT2D eigenvalue weighted by atomic mass is 35.5. The van der Waals surface area contributed by atoms with Gasteiger partial charge < -0.3 is 16.0 Å². The number of likely N-dealkylation sites (tertiary alicyclic amines) is 1. The van der Waals surface area contributed by atoms with Crippen LogP contribution in [0.1, 0.15) is 18.4 Å². The van der Waals surface area contributed by atoms with Crippen molar-refractivity contribution in [2.24, 2.45) is 15.7 Å². The van der Waals surface area contributed by atoms with Crippen LogP contribution in [0.15, 0.2) is 58.5 Å². The summed E-state index contributed by atoms with van der Waals surface area (Å²) >= 11 is 6.15. The zero-order valence-corrected chi connectivity index (χ0v) is 17.2. The molecule has 28 heavy (non-hydrogen) atoms. The molecule has 6 nitrogen and oxygen atoms in total. The van der Waals surface area contributed by atoms with E-state index in [2.05, 4.69) is 56.3 Å². The minimum Gasteiger partial charge on any atom is -0.368 e. The molecule has 2 aliphatic heterocycles. The first-order valence-corrected chi connectivity index (χ1v) is 9.53. The van der Waals surface area contributed by atoms with Gasteiger partial charge in [0.05, 0.1) is 0 Å². The van der Waals surface area contributed by atoms with Gasteiger partial charge >= 0.3 is 0 Å². The van der Waals surface area contributed by atoms with E-state index in [0.717, 1.165) is 43.3 Å². The van der Waals surface area contributed by atoms with Crippen molar-refractivity contribution < 1.29 is 0 Å². The van der Waals surface area contributed by atoms with E-state index in [0.29, 0.717) is 5.02 Å². The zero-order valence-electron chi connectivity index (χ0n) is 15.7. The van der Waals surface area contributed by atoms with E-state index in [1.54, 1.807) is 0 Å². The van der Waals surface area contributed by atoms with Crippen LogP contribution in [0.3, 0.4) is 0 Å². The van der Waals surface area contributed by atoms with Crippen LogP contribution in [0.5, 0.6) is 0 Å². The lowest BCUT2D eigenvalue weighted by Gasteiger charge is -2.38. The molecular weight excluding hydrogens is 395 g/mol. The summed E-state index contributed by atoms with van der Waals surface area (Å²) in [5, 5.41) is 4.10. The highest BCUT2D eigenvalue weighted by Crippen LogP contribution is 2.26. The van der Waals surface area contributed by atoms with E-state index in [9.17, 15) is 0 Å². The SMILES string of the molecule is Cc1ccc(N2C(N3CCCC3)=NC(N)=NC2Nc2cccc(Cl)c2)cc1.Cl. The molecule has 1 unspecified atom stereocenters. The molecule has 3 N–H and O–H groups in total. The average Bonchev–Trinajstić information content (AvgIpc) is 3.17. The molecule has 148 valence electrons. The summed E-state index contributed by atoms with van der Waals surface area (Å²) in [5.74, 6) is 1.11. The molecule has 1 saturated heterocycles. The molecule has 4 rings (SSSR count). The largest absolute Gasteiger partial charge is 0.368 e. The first-order chi connectivity index (χ1) is 13.1. The van der Waals surface area contributed by atoms with E-state index < -0.39 is 6.29 Å². The standard InChI is InChI=1S/C20H23ClN6.ClH/c1-14-7-9-17(10-8-14)27-19(23-16-6-4-5-15(21)13-16)24-18(22)25-20(27)26-11-2-3-12-26;/h4-10,13,19,23H,2-3,11-12H2,1H3,(H2,22,24);1H. The number of anilines is 2. The Kier molecular flexibility index (Phi) is 6.31. The quantitative estimate of drug-likeness (QED) is 0.788. The molecule has 0 amide bonds. The van der Waals surface area contributed by atoms with Crippen molar-refractivity contribution in [1.82, 2.24) is 4.90 Å². The third kappa shape index (κ3) is 4.34. The van der Waals surface area contributed by atoms with Crippen LogP contribution >= 0.6 is 24.0 Å². The Hall–Kier alpha value is -2.44. The second-order valence-corrected chi connectivity index (χ2v) is 7.26. The topological polar surface area (TPSA) is 69.2 Å². The summed E-state index contributed by atoms with van der Waals surface area (Å²) in [6.45, 7) is 4.02. The Morgan fingerprint density at radius 3 is 2.50 bits per heavy atom. The fraction of sp³-hybridized carbons (Fsp3) is 0.300. The van der Waals surface area contributed by atoms with Crippen LogP contribution in [0.25, 0.3) is 0 Å². The Balaban J connectivity index is 0.00000225. The molecule has 2 aromatic carbocycles. The van der Waals surface area contributed by atoms with Gasteiger partial charge in [0.1, 0.15) is 0 Å². The first-order valence-electron chi connectivity index (χ1n) is 9.15. The van der Waals surface area contributed by atoms with E-state index in [4.69, 9.17) is 17.3 Å². The van der Waals surface area contributed by atoms with Gasteiger partial charge in [-0.3, -0.25) is 4.90 Å². The highest BCUT2D eigenvalue weighted by Gasteiger charge is 2.32. The van der Waals surface area contributed by atoms with Gasteiger partial charge in [-0.1, -0.05) is 35.4 Å². The van der Waals surface area contributed by atoms with Crippen molar-refractivity contribution in [3.05, 3.63) is 59.1 Å². The van der Waals surface area contributed by atoms with Crippen LogP contribution in [0, 0.1) is 6.92 Å². The van der Waals surface area contributed by atoms with Crippen LogP contribution in [0.4, 0.5) is 11.4 Å². The molecule has 0 saturated carbocycles. The smallest absolute Gasteiger partial charge is 0.222 e. The number of benzene rings is 2. The number of aryl methyl sites for hydroxylation is 1. The Morgan fingerprint density at radius 2 is 1.82 bits per heavy atom. The summed E-state index contributed by atoms with van der Waals surface area (Å²) in [6, 6.07) is 16.0. The van der Waals surface area contributed by atoms with E-state index in [1.807, 2.05) is 24.3 Å². The van der Waals surface area contributed by atoms with Crippen LogP contribution in [-0.4, -0.2) is 36.2 Å². The third-order valence-electron chi connectivity index (χ3n) is 4.75. The van der Waals surface area contributed by atoms with Gasteiger partial charge in [0.25, 0.3) is 0 Å². The summed E-state index contributed by atoms with van der Waals surface area (Å²) < 4.78 is 0. The number of guanidine groups is 2. The number of nitrogens with two attached hydrogens (primary N) is 1. The minimum absolute atomic E-state index is 0. The molecule has 1 fully saturated rings. The summed E-state index contributed by atoms with van der Waals surface area (Å²) in [6.07, 6.45) is 1.91. The number of hydrogen-bond donors (Lipinski definition) is 2. The van der Waals surface area contributed by atoms with E-state index in [-0.39, 0.29) is 18.4 Å². The van der Waals surface area contributed by atoms with Crippen molar-refractivity contribution in [3.63, 3.8) is 0 Å². The third-order valence-corrected chi connectivity index (χ3v) is 4.99. The van der Waals surface area contributed by atoms with Crippen molar-refractivity contribution >= 4 is 47.3 Å². The number of nitrogens with zero attached hydrogens (tertiary/aromatic N) is 4. The molecule has 0 spiro atoms. The first kappa shape index (κ1) is 20.3. The van der Waals surface area contributed by atoms with Crippen LogP contribution < -0.4 is 16.0 Å². The maximum absolute atomic E-state index is 6.15. The predicted molar refractivity (Wildman–Crippen MR) is 120 cm³/mol. The fourth-order valence-corrected chi connectivity index (χ4v) is 3.59. The second kappa shape index (κ2) is 8.71. The predicted octanol–water partition coefficient (Wildman–Crippen LogP) is 4.05.